The number of hydrogen-bond donors (Lipinski definition) is 1. The normalized spacial score (nSPS) is 25.3. The van der Waals surface area contributed by atoms with Gasteiger partial charge in [-0.1, -0.05) is 0 Å². The van der Waals surface area contributed by atoms with Crippen molar-refractivity contribution in [2.75, 3.05) is 18.6 Å². The maximum atomic E-state index is 11.6. The average Bonchev–Trinajstić information content (AvgIpc) is 3.00. The third-order valence-corrected chi connectivity index (χ3v) is 6.36. The van der Waals surface area contributed by atoms with Crippen molar-refractivity contribution in [3.8, 4) is 5.88 Å². The molecule has 1 N–H and O–H groups in total. The van der Waals surface area contributed by atoms with Gasteiger partial charge in [-0.05, 0) is 13.3 Å². The van der Waals surface area contributed by atoms with Crippen LogP contribution in [0, 0.1) is 0 Å². The van der Waals surface area contributed by atoms with E-state index in [4.69, 9.17) is 4.74 Å². The van der Waals surface area contributed by atoms with E-state index in [1.807, 2.05) is 22.9 Å². The van der Waals surface area contributed by atoms with Gasteiger partial charge in [-0.3, -0.25) is 4.40 Å². The van der Waals surface area contributed by atoms with Crippen LogP contribution in [0.15, 0.2) is 11.6 Å². The van der Waals surface area contributed by atoms with Gasteiger partial charge in [-0.2, -0.15) is 4.98 Å². The lowest BCUT2D eigenvalue weighted by molar-refractivity contribution is 0.369. The highest BCUT2D eigenvalue weighted by Crippen LogP contribution is 2.26. The van der Waals surface area contributed by atoms with Crippen LogP contribution in [0.2, 0.25) is 0 Å². The summed E-state index contributed by atoms with van der Waals surface area (Å²) in [5.41, 5.74) is 0.554. The molecule has 8 heteroatoms. The van der Waals surface area contributed by atoms with E-state index in [9.17, 15) is 8.42 Å². The third kappa shape index (κ3) is 2.43. The molecule has 1 unspecified atom stereocenters. The average molecular weight is 315 g/mol. The van der Waals surface area contributed by atoms with E-state index in [1.165, 1.54) is 0 Å². The van der Waals surface area contributed by atoms with Gasteiger partial charge in [0.05, 0.1) is 18.6 Å². The second kappa shape index (κ2) is 4.71. The van der Waals surface area contributed by atoms with E-state index in [0.29, 0.717) is 18.8 Å². The fraction of sp³-hybridized carbons (Fsp3) is 0.583. The summed E-state index contributed by atoms with van der Waals surface area (Å²) in [6.07, 6.45) is 2.59. The van der Waals surface area contributed by atoms with Gasteiger partial charge in [-0.25, -0.2) is 8.42 Å². The molecule has 0 amide bonds. The number of thiazole rings is 1. The summed E-state index contributed by atoms with van der Waals surface area (Å²) in [6, 6.07) is 0. The maximum absolute atomic E-state index is 11.6. The molecule has 0 aliphatic carbocycles. The number of hydrogen-bond acceptors (Lipinski definition) is 6. The molecule has 20 heavy (non-hydrogen) atoms. The van der Waals surface area contributed by atoms with E-state index >= 15 is 0 Å². The highest BCUT2D eigenvalue weighted by Gasteiger charge is 2.38. The second-order valence-electron chi connectivity index (χ2n) is 5.38. The predicted octanol–water partition coefficient (Wildman–Crippen LogP) is 1.07. The lowest BCUT2D eigenvalue weighted by Crippen LogP contribution is -2.43. The van der Waals surface area contributed by atoms with E-state index in [-0.39, 0.29) is 17.0 Å². The van der Waals surface area contributed by atoms with Crippen molar-refractivity contribution in [1.29, 1.82) is 0 Å². The Hall–Kier alpha value is -1.12. The SMILES string of the molecule is COc1nc2sccn2c1CNC1(C)CCS(=O)(=O)C1. The van der Waals surface area contributed by atoms with E-state index in [0.717, 1.165) is 10.7 Å². The van der Waals surface area contributed by atoms with Crippen LogP contribution in [0.5, 0.6) is 5.88 Å². The Balaban J connectivity index is 1.82. The molecule has 0 saturated carbocycles. The van der Waals surface area contributed by atoms with Crippen molar-refractivity contribution in [3.63, 3.8) is 0 Å². The molecule has 2 aromatic heterocycles. The molecule has 1 aliphatic heterocycles. The van der Waals surface area contributed by atoms with Crippen molar-refractivity contribution < 1.29 is 13.2 Å². The van der Waals surface area contributed by atoms with E-state index in [1.54, 1.807) is 18.4 Å². The minimum atomic E-state index is -2.91. The van der Waals surface area contributed by atoms with Crippen LogP contribution in [-0.2, 0) is 16.4 Å². The summed E-state index contributed by atoms with van der Waals surface area (Å²) in [5, 5.41) is 5.32. The number of fused-ring (bicyclic) bond motifs is 1. The highest BCUT2D eigenvalue weighted by molar-refractivity contribution is 7.91. The van der Waals surface area contributed by atoms with Gasteiger partial charge in [0, 0.05) is 23.7 Å². The van der Waals surface area contributed by atoms with Gasteiger partial charge in [0.2, 0.25) is 5.88 Å². The number of methoxy groups -OCH3 is 1. The van der Waals surface area contributed by atoms with Gasteiger partial charge >= 0.3 is 0 Å². The molecule has 1 fully saturated rings. The van der Waals surface area contributed by atoms with Crippen LogP contribution in [0.1, 0.15) is 19.0 Å². The van der Waals surface area contributed by atoms with Crippen molar-refractivity contribution in [1.82, 2.24) is 14.7 Å². The quantitative estimate of drug-likeness (QED) is 0.914. The molecule has 0 bridgehead atoms. The van der Waals surface area contributed by atoms with Crippen LogP contribution in [-0.4, -0.2) is 42.0 Å². The topological polar surface area (TPSA) is 72.7 Å². The van der Waals surface area contributed by atoms with Crippen LogP contribution < -0.4 is 10.1 Å². The predicted molar refractivity (Wildman–Crippen MR) is 78.1 cm³/mol. The molecule has 1 saturated heterocycles. The smallest absolute Gasteiger partial charge is 0.237 e. The fourth-order valence-corrected chi connectivity index (χ4v) is 5.43. The lowest BCUT2D eigenvalue weighted by atomic mass is 10.0. The molecule has 3 rings (SSSR count). The van der Waals surface area contributed by atoms with Gasteiger partial charge in [0.15, 0.2) is 14.8 Å². The molecule has 3 heterocycles. The first-order valence-corrected chi connectivity index (χ1v) is 9.06. The van der Waals surface area contributed by atoms with Crippen LogP contribution in [0.3, 0.4) is 0 Å². The van der Waals surface area contributed by atoms with Crippen molar-refractivity contribution >= 4 is 26.1 Å². The summed E-state index contributed by atoms with van der Waals surface area (Å²) in [7, 11) is -1.31. The number of nitrogens with one attached hydrogen (secondary N) is 1. The van der Waals surface area contributed by atoms with Gasteiger partial charge in [0.1, 0.15) is 5.69 Å². The standard InChI is InChI=1S/C12H17N3O3S2/c1-12(3-6-20(16,17)8-12)13-7-9-10(18-2)14-11-15(9)4-5-19-11/h4-5,13H,3,6-8H2,1-2H3. The number of aromatic nitrogens is 2. The molecule has 110 valence electrons. The number of nitrogens with zero attached hydrogens (tertiary/aromatic N) is 2. The molecular weight excluding hydrogens is 298 g/mol. The molecule has 0 radical (unpaired) electrons. The Morgan fingerprint density at radius 3 is 3.05 bits per heavy atom. The zero-order chi connectivity index (χ0) is 14.4. The number of imidazole rings is 1. The van der Waals surface area contributed by atoms with Crippen LogP contribution in [0.25, 0.3) is 4.96 Å². The van der Waals surface area contributed by atoms with Crippen molar-refractivity contribution in [3.05, 3.63) is 17.3 Å². The maximum Gasteiger partial charge on any atom is 0.237 e. The van der Waals surface area contributed by atoms with E-state index in [2.05, 4.69) is 10.3 Å². The van der Waals surface area contributed by atoms with E-state index < -0.39 is 9.84 Å². The molecule has 1 aliphatic rings. The molecule has 2 aromatic rings. The summed E-state index contributed by atoms with van der Waals surface area (Å²) < 4.78 is 30.5. The molecule has 0 aromatic carbocycles. The number of ether oxygens (including phenoxy) is 1. The van der Waals surface area contributed by atoms with Crippen LogP contribution >= 0.6 is 11.3 Å². The first kappa shape index (κ1) is 13.8. The number of rotatable bonds is 4. The summed E-state index contributed by atoms with van der Waals surface area (Å²) in [6.45, 7) is 2.49. The first-order valence-electron chi connectivity index (χ1n) is 6.36. The Kier molecular flexibility index (Phi) is 3.26. The Labute approximate surface area is 121 Å². The minimum Gasteiger partial charge on any atom is -0.480 e. The zero-order valence-electron chi connectivity index (χ0n) is 11.4. The Morgan fingerprint density at radius 1 is 1.60 bits per heavy atom. The van der Waals surface area contributed by atoms with Crippen molar-refractivity contribution in [2.24, 2.45) is 0 Å². The molecule has 1 atom stereocenters. The van der Waals surface area contributed by atoms with Crippen LogP contribution in [0.4, 0.5) is 0 Å². The summed E-state index contributed by atoms with van der Waals surface area (Å²) in [5.74, 6) is 1.04. The molecule has 0 spiro atoms. The lowest BCUT2D eigenvalue weighted by Gasteiger charge is -2.23. The monoisotopic (exact) mass is 315 g/mol. The number of sulfone groups is 1. The minimum absolute atomic E-state index is 0.188. The highest BCUT2D eigenvalue weighted by atomic mass is 32.2. The van der Waals surface area contributed by atoms with Crippen molar-refractivity contribution in [2.45, 2.75) is 25.4 Å². The summed E-state index contributed by atoms with van der Waals surface area (Å²) in [4.78, 5) is 5.27. The third-order valence-electron chi connectivity index (χ3n) is 3.70. The fourth-order valence-electron chi connectivity index (χ4n) is 2.58. The first-order chi connectivity index (χ1) is 9.42. The second-order valence-corrected chi connectivity index (χ2v) is 8.44. The van der Waals surface area contributed by atoms with Gasteiger partial charge in [-0.15, -0.1) is 11.3 Å². The largest absolute Gasteiger partial charge is 0.480 e. The Morgan fingerprint density at radius 2 is 2.40 bits per heavy atom. The summed E-state index contributed by atoms with van der Waals surface area (Å²) >= 11 is 1.54. The molecule has 6 nitrogen and oxygen atoms in total. The zero-order valence-corrected chi connectivity index (χ0v) is 13.1. The Bertz CT molecular complexity index is 734. The molecular formula is C12H17N3O3S2. The van der Waals surface area contributed by atoms with Gasteiger partial charge in [0.25, 0.3) is 0 Å². The van der Waals surface area contributed by atoms with Gasteiger partial charge < -0.3 is 10.1 Å².